The third kappa shape index (κ3) is 7.00. The van der Waals surface area contributed by atoms with Gasteiger partial charge in [0.05, 0.1) is 6.54 Å². The minimum Gasteiger partial charge on any atom is -0.370 e. The van der Waals surface area contributed by atoms with Gasteiger partial charge in [0.1, 0.15) is 0 Å². The van der Waals surface area contributed by atoms with E-state index in [0.717, 1.165) is 19.6 Å². The molecule has 130 valence electrons. The Kier molecular flexibility index (Phi) is 10.4. The zero-order chi connectivity index (χ0) is 14.9. The molecule has 1 atom stereocenters. The van der Waals surface area contributed by atoms with Crippen LogP contribution in [0.4, 0.5) is 0 Å². The molecular weight excluding hydrogens is 389 g/mol. The molecule has 3 rings (SSSR count). The fourth-order valence-electron chi connectivity index (χ4n) is 3.28. The van der Waals surface area contributed by atoms with E-state index in [1.54, 1.807) is 0 Å². The number of fused-ring (bicyclic) bond motifs is 3. The zero-order valence-electron chi connectivity index (χ0n) is 14.1. The van der Waals surface area contributed by atoms with Crippen LogP contribution in [0.2, 0.25) is 0 Å². The standard InChI is InChI=1S/C16H33N5.HI/c1-2-3-4-5-6-7-8-18-16(17)19-13-15-14-20-9-11-21(15)12-10-20;/h15H,2-14H2,1H3,(H3,17,18,19);1H. The Morgan fingerprint density at radius 3 is 2.41 bits per heavy atom. The predicted molar refractivity (Wildman–Crippen MR) is 105 cm³/mol. The summed E-state index contributed by atoms with van der Waals surface area (Å²) in [4.78, 5) is 9.63. The minimum atomic E-state index is 0. The number of unbranched alkanes of at least 4 members (excludes halogenated alkanes) is 5. The number of nitrogens with two attached hydrogens (primary N) is 1. The van der Waals surface area contributed by atoms with Crippen LogP contribution in [0.15, 0.2) is 4.99 Å². The molecule has 2 bridgehead atoms. The smallest absolute Gasteiger partial charge is 0.188 e. The van der Waals surface area contributed by atoms with Crippen LogP contribution >= 0.6 is 24.0 Å². The lowest BCUT2D eigenvalue weighted by Crippen LogP contribution is -2.61. The average Bonchev–Trinajstić information content (AvgIpc) is 2.53. The van der Waals surface area contributed by atoms with Crippen molar-refractivity contribution in [3.8, 4) is 0 Å². The zero-order valence-corrected chi connectivity index (χ0v) is 16.4. The van der Waals surface area contributed by atoms with Gasteiger partial charge in [0.2, 0.25) is 0 Å². The lowest BCUT2D eigenvalue weighted by Gasteiger charge is -2.47. The first kappa shape index (κ1) is 20.0. The number of nitrogens with one attached hydrogen (secondary N) is 1. The molecule has 0 spiro atoms. The second kappa shape index (κ2) is 11.5. The van der Waals surface area contributed by atoms with Crippen molar-refractivity contribution in [2.24, 2.45) is 10.7 Å². The van der Waals surface area contributed by atoms with Crippen molar-refractivity contribution in [3.63, 3.8) is 0 Å². The van der Waals surface area contributed by atoms with Gasteiger partial charge in [-0.1, -0.05) is 39.0 Å². The van der Waals surface area contributed by atoms with Crippen molar-refractivity contribution >= 4 is 29.9 Å². The maximum absolute atomic E-state index is 5.96. The van der Waals surface area contributed by atoms with Gasteiger partial charge < -0.3 is 11.1 Å². The summed E-state index contributed by atoms with van der Waals surface area (Å²) in [5.41, 5.74) is 5.96. The number of halogens is 1. The Balaban J connectivity index is 0.00000242. The molecule has 0 amide bonds. The van der Waals surface area contributed by atoms with Gasteiger partial charge in [-0.3, -0.25) is 14.8 Å². The second-order valence-electron chi connectivity index (χ2n) is 6.41. The quantitative estimate of drug-likeness (QED) is 0.257. The molecule has 0 saturated carbocycles. The molecule has 3 fully saturated rings. The second-order valence-corrected chi connectivity index (χ2v) is 6.41. The number of guanidine groups is 1. The Bertz CT molecular complexity index is 316. The third-order valence-electron chi connectivity index (χ3n) is 4.70. The van der Waals surface area contributed by atoms with Crippen LogP contribution in [0.25, 0.3) is 0 Å². The molecule has 3 heterocycles. The molecule has 1 unspecified atom stereocenters. The van der Waals surface area contributed by atoms with Crippen LogP contribution in [0.1, 0.15) is 45.4 Å². The maximum atomic E-state index is 5.96. The highest BCUT2D eigenvalue weighted by Crippen LogP contribution is 2.15. The number of aliphatic imine (C=N–C) groups is 1. The fraction of sp³-hybridized carbons (Fsp3) is 0.938. The molecule has 6 heteroatoms. The van der Waals surface area contributed by atoms with Crippen molar-refractivity contribution in [2.45, 2.75) is 51.5 Å². The number of hydrogen-bond acceptors (Lipinski definition) is 3. The van der Waals surface area contributed by atoms with Gasteiger partial charge in [-0.2, -0.15) is 0 Å². The Labute approximate surface area is 153 Å². The minimum absolute atomic E-state index is 0. The predicted octanol–water partition coefficient (Wildman–Crippen LogP) is 1.87. The van der Waals surface area contributed by atoms with Gasteiger partial charge in [0.15, 0.2) is 5.96 Å². The van der Waals surface area contributed by atoms with E-state index < -0.39 is 0 Å². The van der Waals surface area contributed by atoms with Crippen molar-refractivity contribution in [1.29, 1.82) is 0 Å². The SMILES string of the molecule is CCCCCCCCNC(N)=NCC1CN2CCN1CC2.I. The van der Waals surface area contributed by atoms with Gasteiger partial charge in [-0.15, -0.1) is 24.0 Å². The van der Waals surface area contributed by atoms with E-state index in [4.69, 9.17) is 5.73 Å². The summed E-state index contributed by atoms with van der Waals surface area (Å²) in [6.45, 7) is 10.1. The highest BCUT2D eigenvalue weighted by molar-refractivity contribution is 14.0. The number of rotatable bonds is 9. The molecule has 0 aliphatic carbocycles. The monoisotopic (exact) mass is 423 g/mol. The molecule has 3 saturated heterocycles. The summed E-state index contributed by atoms with van der Waals surface area (Å²) < 4.78 is 0. The van der Waals surface area contributed by atoms with Crippen LogP contribution in [0.5, 0.6) is 0 Å². The Morgan fingerprint density at radius 1 is 1.09 bits per heavy atom. The summed E-state index contributed by atoms with van der Waals surface area (Å²) in [7, 11) is 0. The van der Waals surface area contributed by atoms with E-state index in [1.807, 2.05) is 0 Å². The molecule has 3 aliphatic heterocycles. The van der Waals surface area contributed by atoms with Crippen molar-refractivity contribution in [1.82, 2.24) is 15.1 Å². The molecule has 0 aromatic heterocycles. The van der Waals surface area contributed by atoms with Crippen LogP contribution in [0, 0.1) is 0 Å². The number of nitrogens with zero attached hydrogens (tertiary/aromatic N) is 3. The van der Waals surface area contributed by atoms with E-state index in [0.29, 0.717) is 12.0 Å². The lowest BCUT2D eigenvalue weighted by molar-refractivity contribution is 0.0174. The third-order valence-corrected chi connectivity index (χ3v) is 4.70. The van der Waals surface area contributed by atoms with E-state index in [9.17, 15) is 0 Å². The summed E-state index contributed by atoms with van der Waals surface area (Å²) in [5.74, 6) is 0.626. The molecule has 0 aromatic carbocycles. The van der Waals surface area contributed by atoms with Crippen molar-refractivity contribution in [3.05, 3.63) is 0 Å². The van der Waals surface area contributed by atoms with E-state index in [-0.39, 0.29) is 24.0 Å². The van der Waals surface area contributed by atoms with E-state index in [1.165, 1.54) is 64.7 Å². The van der Waals surface area contributed by atoms with Gasteiger partial charge in [-0.25, -0.2) is 0 Å². The van der Waals surface area contributed by atoms with Crippen LogP contribution in [0.3, 0.4) is 0 Å². The first-order chi connectivity index (χ1) is 10.3. The molecule has 3 N–H and O–H groups in total. The first-order valence-electron chi connectivity index (χ1n) is 8.80. The average molecular weight is 423 g/mol. The van der Waals surface area contributed by atoms with Crippen LogP contribution in [-0.2, 0) is 0 Å². The van der Waals surface area contributed by atoms with Gasteiger partial charge in [-0.05, 0) is 6.42 Å². The summed E-state index contributed by atoms with van der Waals surface area (Å²) >= 11 is 0. The largest absolute Gasteiger partial charge is 0.370 e. The van der Waals surface area contributed by atoms with Crippen molar-refractivity contribution in [2.75, 3.05) is 45.8 Å². The molecule has 22 heavy (non-hydrogen) atoms. The summed E-state index contributed by atoms with van der Waals surface area (Å²) in [6, 6.07) is 0.571. The van der Waals surface area contributed by atoms with Crippen LogP contribution < -0.4 is 11.1 Å². The highest BCUT2D eigenvalue weighted by Gasteiger charge is 2.31. The number of piperazine rings is 3. The summed E-state index contributed by atoms with van der Waals surface area (Å²) in [5, 5.41) is 3.25. The molecular formula is C16H34IN5. The first-order valence-corrected chi connectivity index (χ1v) is 8.80. The van der Waals surface area contributed by atoms with Gasteiger partial charge in [0, 0.05) is 45.3 Å². The fourth-order valence-corrected chi connectivity index (χ4v) is 3.28. The Hall–Kier alpha value is -0.0800. The molecule has 5 nitrogen and oxygen atoms in total. The van der Waals surface area contributed by atoms with E-state index in [2.05, 4.69) is 27.0 Å². The normalized spacial score (nSPS) is 27.5. The molecule has 0 aromatic rings. The van der Waals surface area contributed by atoms with Gasteiger partial charge in [0.25, 0.3) is 0 Å². The van der Waals surface area contributed by atoms with Gasteiger partial charge >= 0.3 is 0 Å². The van der Waals surface area contributed by atoms with Crippen molar-refractivity contribution < 1.29 is 0 Å². The number of hydrogen-bond donors (Lipinski definition) is 2. The van der Waals surface area contributed by atoms with Crippen LogP contribution in [-0.4, -0.2) is 67.6 Å². The molecule has 0 radical (unpaired) electrons. The topological polar surface area (TPSA) is 56.9 Å². The molecule has 3 aliphatic rings. The lowest BCUT2D eigenvalue weighted by atomic mass is 10.1. The maximum Gasteiger partial charge on any atom is 0.188 e. The van der Waals surface area contributed by atoms with E-state index >= 15 is 0 Å². The highest BCUT2D eigenvalue weighted by atomic mass is 127. The summed E-state index contributed by atoms with van der Waals surface area (Å²) in [6.07, 6.45) is 7.89. The Morgan fingerprint density at radius 2 is 1.77 bits per heavy atom.